The van der Waals surface area contributed by atoms with Crippen LogP contribution in [0.2, 0.25) is 10.2 Å². The van der Waals surface area contributed by atoms with E-state index in [1.165, 1.54) is 5.56 Å². The first-order chi connectivity index (χ1) is 9.06. The van der Waals surface area contributed by atoms with E-state index in [2.05, 4.69) is 27.9 Å². The third-order valence-corrected chi connectivity index (χ3v) is 3.51. The molecule has 19 heavy (non-hydrogen) atoms. The molecule has 0 fully saturated rings. The number of hydrogen-bond acceptors (Lipinski definition) is 3. The topological polar surface area (TPSA) is 29.0 Å². The van der Waals surface area contributed by atoms with Crippen molar-refractivity contribution in [3.8, 4) is 0 Å². The van der Waals surface area contributed by atoms with E-state index in [0.29, 0.717) is 11.7 Å². The van der Waals surface area contributed by atoms with Gasteiger partial charge < -0.3 is 0 Å². The molecule has 0 aliphatic rings. The summed E-state index contributed by atoms with van der Waals surface area (Å²) >= 11 is 11.7. The molecule has 1 aromatic carbocycles. The Morgan fingerprint density at radius 1 is 1.21 bits per heavy atom. The SMILES string of the molecule is CC(c1cccc(Cl)c1)N(C)Cc1cnc(Cl)cn1. The maximum Gasteiger partial charge on any atom is 0.147 e. The van der Waals surface area contributed by atoms with E-state index in [-0.39, 0.29) is 6.04 Å². The van der Waals surface area contributed by atoms with Gasteiger partial charge in [-0.1, -0.05) is 35.3 Å². The molecule has 1 unspecified atom stereocenters. The maximum absolute atomic E-state index is 6.02. The van der Waals surface area contributed by atoms with Crippen LogP contribution in [0.3, 0.4) is 0 Å². The zero-order chi connectivity index (χ0) is 13.8. The van der Waals surface area contributed by atoms with Crippen molar-refractivity contribution >= 4 is 23.2 Å². The zero-order valence-corrected chi connectivity index (χ0v) is 12.4. The minimum atomic E-state index is 0.246. The van der Waals surface area contributed by atoms with E-state index in [4.69, 9.17) is 23.2 Å². The quantitative estimate of drug-likeness (QED) is 0.854. The standard InChI is InChI=1S/C14H15Cl2N3/c1-10(11-4-3-5-12(15)6-11)19(2)9-13-7-18-14(16)8-17-13/h3-8,10H,9H2,1-2H3. The lowest BCUT2D eigenvalue weighted by Crippen LogP contribution is -2.22. The fourth-order valence-electron chi connectivity index (χ4n) is 1.83. The van der Waals surface area contributed by atoms with Gasteiger partial charge >= 0.3 is 0 Å². The molecule has 0 saturated carbocycles. The van der Waals surface area contributed by atoms with Gasteiger partial charge in [0.05, 0.1) is 18.1 Å². The molecule has 0 radical (unpaired) electrons. The van der Waals surface area contributed by atoms with E-state index in [0.717, 1.165) is 10.7 Å². The molecule has 0 aliphatic heterocycles. The minimum absolute atomic E-state index is 0.246. The molecule has 0 amide bonds. The van der Waals surface area contributed by atoms with Crippen molar-refractivity contribution < 1.29 is 0 Å². The molecule has 3 nitrogen and oxygen atoms in total. The highest BCUT2D eigenvalue weighted by molar-refractivity contribution is 6.30. The Kier molecular flexibility index (Phi) is 4.75. The largest absolute Gasteiger partial charge is 0.294 e. The van der Waals surface area contributed by atoms with Crippen LogP contribution in [0.25, 0.3) is 0 Å². The highest BCUT2D eigenvalue weighted by Crippen LogP contribution is 2.22. The summed E-state index contributed by atoms with van der Waals surface area (Å²) in [4.78, 5) is 10.5. The Bertz CT molecular complexity index is 543. The van der Waals surface area contributed by atoms with Crippen LogP contribution < -0.4 is 0 Å². The van der Waals surface area contributed by atoms with E-state index >= 15 is 0 Å². The molecule has 2 aromatic rings. The van der Waals surface area contributed by atoms with Gasteiger partial charge in [0.25, 0.3) is 0 Å². The van der Waals surface area contributed by atoms with Gasteiger partial charge in [-0.2, -0.15) is 0 Å². The van der Waals surface area contributed by atoms with Gasteiger partial charge in [-0.25, -0.2) is 4.98 Å². The van der Waals surface area contributed by atoms with Crippen LogP contribution in [-0.4, -0.2) is 21.9 Å². The van der Waals surface area contributed by atoms with Crippen LogP contribution in [0.1, 0.15) is 24.2 Å². The Balaban J connectivity index is 2.07. The average Bonchev–Trinajstić information content (AvgIpc) is 2.40. The van der Waals surface area contributed by atoms with Crippen LogP contribution in [0.5, 0.6) is 0 Å². The second-order valence-corrected chi connectivity index (χ2v) is 5.30. The normalized spacial score (nSPS) is 12.7. The molecule has 1 heterocycles. The summed E-state index contributed by atoms with van der Waals surface area (Å²) in [5.41, 5.74) is 2.07. The van der Waals surface area contributed by atoms with Crippen molar-refractivity contribution in [1.82, 2.24) is 14.9 Å². The predicted octanol–water partition coefficient (Wildman–Crippen LogP) is 3.98. The van der Waals surface area contributed by atoms with E-state index in [1.54, 1.807) is 12.4 Å². The molecule has 0 N–H and O–H groups in total. The van der Waals surface area contributed by atoms with Gasteiger partial charge in [-0.15, -0.1) is 0 Å². The molecule has 2 rings (SSSR count). The summed E-state index contributed by atoms with van der Waals surface area (Å²) in [6, 6.07) is 8.14. The minimum Gasteiger partial charge on any atom is -0.294 e. The van der Waals surface area contributed by atoms with Gasteiger partial charge in [0.1, 0.15) is 5.15 Å². The molecule has 0 aliphatic carbocycles. The van der Waals surface area contributed by atoms with Gasteiger partial charge in [0.2, 0.25) is 0 Å². The zero-order valence-electron chi connectivity index (χ0n) is 10.8. The predicted molar refractivity (Wildman–Crippen MR) is 78.4 cm³/mol. The van der Waals surface area contributed by atoms with Gasteiger partial charge in [0.15, 0.2) is 0 Å². The molecule has 1 aromatic heterocycles. The molecule has 5 heteroatoms. The Labute approximate surface area is 123 Å². The average molecular weight is 296 g/mol. The van der Waals surface area contributed by atoms with Crippen LogP contribution in [0.4, 0.5) is 0 Å². The van der Waals surface area contributed by atoms with Gasteiger partial charge in [0, 0.05) is 17.6 Å². The van der Waals surface area contributed by atoms with E-state index in [9.17, 15) is 0 Å². The highest BCUT2D eigenvalue weighted by atomic mass is 35.5. The van der Waals surface area contributed by atoms with E-state index < -0.39 is 0 Å². The number of nitrogens with zero attached hydrogens (tertiary/aromatic N) is 3. The monoisotopic (exact) mass is 295 g/mol. The van der Waals surface area contributed by atoms with E-state index in [1.807, 2.05) is 25.2 Å². The number of rotatable bonds is 4. The molecule has 1 atom stereocenters. The first kappa shape index (κ1) is 14.3. The molecule has 100 valence electrons. The molecule has 0 bridgehead atoms. The fourth-order valence-corrected chi connectivity index (χ4v) is 2.13. The summed E-state index contributed by atoms with van der Waals surface area (Å²) < 4.78 is 0. The van der Waals surface area contributed by atoms with Crippen molar-refractivity contribution in [2.45, 2.75) is 19.5 Å². The summed E-state index contributed by atoms with van der Waals surface area (Å²) in [6.07, 6.45) is 3.26. The fraction of sp³-hybridized carbons (Fsp3) is 0.286. The highest BCUT2D eigenvalue weighted by Gasteiger charge is 2.13. The third-order valence-electron chi connectivity index (χ3n) is 3.08. The second kappa shape index (κ2) is 6.33. The maximum atomic E-state index is 6.02. The second-order valence-electron chi connectivity index (χ2n) is 4.48. The van der Waals surface area contributed by atoms with Crippen molar-refractivity contribution in [2.75, 3.05) is 7.05 Å². The summed E-state index contributed by atoms with van der Waals surface area (Å²) in [7, 11) is 2.04. The van der Waals surface area contributed by atoms with Crippen molar-refractivity contribution in [3.63, 3.8) is 0 Å². The third kappa shape index (κ3) is 3.90. The number of halogens is 2. The molecular weight excluding hydrogens is 281 g/mol. The first-order valence-electron chi connectivity index (χ1n) is 5.98. The summed E-state index contributed by atoms with van der Waals surface area (Å²) in [5, 5.41) is 1.17. The van der Waals surface area contributed by atoms with Crippen LogP contribution in [0, 0.1) is 0 Å². The van der Waals surface area contributed by atoms with Crippen LogP contribution in [0.15, 0.2) is 36.7 Å². The Hall–Kier alpha value is -1.16. The van der Waals surface area contributed by atoms with Gasteiger partial charge in [-0.05, 0) is 31.7 Å². The van der Waals surface area contributed by atoms with Crippen molar-refractivity contribution in [3.05, 3.63) is 58.1 Å². The summed E-state index contributed by atoms with van der Waals surface area (Å²) in [5.74, 6) is 0. The lowest BCUT2D eigenvalue weighted by atomic mass is 10.1. The lowest BCUT2D eigenvalue weighted by molar-refractivity contribution is 0.250. The van der Waals surface area contributed by atoms with Crippen LogP contribution in [-0.2, 0) is 6.54 Å². The van der Waals surface area contributed by atoms with Crippen molar-refractivity contribution in [1.29, 1.82) is 0 Å². The number of benzene rings is 1. The summed E-state index contributed by atoms with van der Waals surface area (Å²) in [6.45, 7) is 2.84. The number of aromatic nitrogens is 2. The van der Waals surface area contributed by atoms with Gasteiger partial charge in [-0.3, -0.25) is 9.88 Å². The molecular formula is C14H15Cl2N3. The van der Waals surface area contributed by atoms with Crippen molar-refractivity contribution in [2.24, 2.45) is 0 Å². The van der Waals surface area contributed by atoms with Crippen LogP contribution >= 0.6 is 23.2 Å². The Morgan fingerprint density at radius 2 is 2.00 bits per heavy atom. The molecule has 0 saturated heterocycles. The first-order valence-corrected chi connectivity index (χ1v) is 6.74. The lowest BCUT2D eigenvalue weighted by Gasteiger charge is -2.24. The Morgan fingerprint density at radius 3 is 2.63 bits per heavy atom. The smallest absolute Gasteiger partial charge is 0.147 e. The number of hydrogen-bond donors (Lipinski definition) is 0. The molecule has 0 spiro atoms.